The summed E-state index contributed by atoms with van der Waals surface area (Å²) in [6.45, 7) is 6.78. The van der Waals surface area contributed by atoms with Crippen molar-refractivity contribution < 1.29 is 13.9 Å². The van der Waals surface area contributed by atoms with E-state index in [9.17, 15) is 4.39 Å². The van der Waals surface area contributed by atoms with Gasteiger partial charge in [-0.1, -0.05) is 32.9 Å². The molecule has 0 bridgehead atoms. The molecule has 124 valence electrons. The van der Waals surface area contributed by atoms with E-state index in [0.29, 0.717) is 5.75 Å². The Bertz CT molecular complexity index is 641. The van der Waals surface area contributed by atoms with E-state index in [-0.39, 0.29) is 30.4 Å². The number of hydrogen-bond donors (Lipinski definition) is 1. The van der Waals surface area contributed by atoms with Gasteiger partial charge in [-0.3, -0.25) is 4.98 Å². The van der Waals surface area contributed by atoms with Crippen LogP contribution in [0.1, 0.15) is 26.3 Å². The summed E-state index contributed by atoms with van der Waals surface area (Å²) in [5, 5.41) is 0. The van der Waals surface area contributed by atoms with Crippen LogP contribution < -0.4 is 15.2 Å². The summed E-state index contributed by atoms with van der Waals surface area (Å²) in [6, 6.07) is 7.83. The van der Waals surface area contributed by atoms with Gasteiger partial charge >= 0.3 is 0 Å². The molecule has 23 heavy (non-hydrogen) atoms. The molecule has 0 aliphatic heterocycles. The molecule has 0 unspecified atom stereocenters. The standard InChI is InChI=1S/C18H23FN2O2/c1-18(2,3)13-8-15(10-21-9-13)22-11-14(20)12-23-17-7-5-4-6-16(17)19/h4-10,14H,11-12,20H2,1-3H3/t14-/m1/s1. The van der Waals surface area contributed by atoms with Crippen LogP contribution in [0.4, 0.5) is 4.39 Å². The Labute approximate surface area is 136 Å². The fourth-order valence-corrected chi connectivity index (χ4v) is 1.92. The molecule has 2 aromatic rings. The first-order valence-corrected chi connectivity index (χ1v) is 7.57. The van der Waals surface area contributed by atoms with Crippen molar-refractivity contribution in [3.63, 3.8) is 0 Å². The van der Waals surface area contributed by atoms with Crippen molar-refractivity contribution in [2.75, 3.05) is 13.2 Å². The summed E-state index contributed by atoms with van der Waals surface area (Å²) < 4.78 is 24.5. The van der Waals surface area contributed by atoms with E-state index >= 15 is 0 Å². The molecular weight excluding hydrogens is 295 g/mol. The predicted molar refractivity (Wildman–Crippen MR) is 88.3 cm³/mol. The highest BCUT2D eigenvalue weighted by molar-refractivity contribution is 5.28. The topological polar surface area (TPSA) is 57.4 Å². The van der Waals surface area contributed by atoms with E-state index in [2.05, 4.69) is 25.8 Å². The number of aromatic nitrogens is 1. The second-order valence-corrected chi connectivity index (χ2v) is 6.47. The first-order chi connectivity index (χ1) is 10.9. The Morgan fingerprint density at radius 1 is 1.13 bits per heavy atom. The Hall–Kier alpha value is -2.14. The maximum absolute atomic E-state index is 13.4. The second-order valence-electron chi connectivity index (χ2n) is 6.47. The van der Waals surface area contributed by atoms with Crippen LogP contribution in [0, 0.1) is 5.82 Å². The van der Waals surface area contributed by atoms with Crippen molar-refractivity contribution in [3.8, 4) is 11.5 Å². The van der Waals surface area contributed by atoms with Crippen molar-refractivity contribution in [1.82, 2.24) is 4.98 Å². The smallest absolute Gasteiger partial charge is 0.165 e. The molecule has 5 heteroatoms. The SMILES string of the molecule is CC(C)(C)c1cncc(OC[C@@H](N)COc2ccccc2F)c1. The minimum absolute atomic E-state index is 0.00241. The fourth-order valence-electron chi connectivity index (χ4n) is 1.92. The van der Waals surface area contributed by atoms with Crippen molar-refractivity contribution in [2.24, 2.45) is 5.73 Å². The molecule has 2 rings (SSSR count). The Kier molecular flexibility index (Phi) is 5.55. The number of nitrogens with two attached hydrogens (primary N) is 1. The maximum atomic E-state index is 13.4. The third-order valence-corrected chi connectivity index (χ3v) is 3.33. The van der Waals surface area contributed by atoms with Crippen LogP contribution in [0.25, 0.3) is 0 Å². The number of hydrogen-bond acceptors (Lipinski definition) is 4. The summed E-state index contributed by atoms with van der Waals surface area (Å²) in [4.78, 5) is 4.19. The van der Waals surface area contributed by atoms with Gasteiger partial charge in [0.1, 0.15) is 19.0 Å². The molecule has 0 aliphatic rings. The molecule has 1 atom stereocenters. The fraction of sp³-hybridized carbons (Fsp3) is 0.389. The van der Waals surface area contributed by atoms with Gasteiger partial charge in [-0.2, -0.15) is 0 Å². The number of halogens is 1. The molecule has 0 amide bonds. The van der Waals surface area contributed by atoms with Crippen molar-refractivity contribution in [1.29, 1.82) is 0 Å². The van der Waals surface area contributed by atoms with Crippen LogP contribution in [0.3, 0.4) is 0 Å². The number of pyridine rings is 1. The van der Waals surface area contributed by atoms with Crippen LogP contribution in [0.15, 0.2) is 42.7 Å². The zero-order valence-corrected chi connectivity index (χ0v) is 13.8. The predicted octanol–water partition coefficient (Wildman–Crippen LogP) is 3.30. The van der Waals surface area contributed by atoms with Gasteiger partial charge in [0.05, 0.1) is 12.2 Å². The Morgan fingerprint density at radius 2 is 1.83 bits per heavy atom. The monoisotopic (exact) mass is 318 g/mol. The molecule has 1 aromatic carbocycles. The van der Waals surface area contributed by atoms with Crippen LogP contribution >= 0.6 is 0 Å². The first-order valence-electron chi connectivity index (χ1n) is 7.57. The van der Waals surface area contributed by atoms with E-state index in [4.69, 9.17) is 15.2 Å². The van der Waals surface area contributed by atoms with Gasteiger partial charge in [0.15, 0.2) is 11.6 Å². The van der Waals surface area contributed by atoms with Crippen molar-refractivity contribution in [3.05, 3.63) is 54.1 Å². The quantitative estimate of drug-likeness (QED) is 0.888. The zero-order valence-electron chi connectivity index (χ0n) is 13.8. The third-order valence-electron chi connectivity index (χ3n) is 3.33. The van der Waals surface area contributed by atoms with Crippen molar-refractivity contribution in [2.45, 2.75) is 32.2 Å². The number of nitrogens with zero attached hydrogens (tertiary/aromatic N) is 1. The zero-order chi connectivity index (χ0) is 16.9. The summed E-state index contributed by atoms with van der Waals surface area (Å²) in [7, 11) is 0. The molecule has 1 heterocycles. The van der Waals surface area contributed by atoms with Gasteiger partial charge in [0.25, 0.3) is 0 Å². The number of rotatable bonds is 6. The largest absolute Gasteiger partial charge is 0.490 e. The highest BCUT2D eigenvalue weighted by atomic mass is 19.1. The molecule has 1 aromatic heterocycles. The molecule has 4 nitrogen and oxygen atoms in total. The Balaban J connectivity index is 1.85. The summed E-state index contributed by atoms with van der Waals surface area (Å²) >= 11 is 0. The molecule has 0 aliphatic carbocycles. The summed E-state index contributed by atoms with van der Waals surface area (Å²) in [5.41, 5.74) is 7.04. The Morgan fingerprint density at radius 3 is 2.52 bits per heavy atom. The van der Waals surface area contributed by atoms with E-state index in [1.807, 2.05) is 12.3 Å². The minimum atomic E-state index is -0.400. The molecule has 0 saturated carbocycles. The normalized spacial score (nSPS) is 12.7. The van der Waals surface area contributed by atoms with E-state index in [1.165, 1.54) is 6.07 Å². The van der Waals surface area contributed by atoms with Gasteiger partial charge in [-0.25, -0.2) is 4.39 Å². The van der Waals surface area contributed by atoms with Crippen molar-refractivity contribution >= 4 is 0 Å². The van der Waals surface area contributed by atoms with E-state index in [1.54, 1.807) is 24.4 Å². The van der Waals surface area contributed by atoms with Crippen LogP contribution in [0.5, 0.6) is 11.5 Å². The number of benzene rings is 1. The molecular formula is C18H23FN2O2. The second kappa shape index (κ2) is 7.42. The first kappa shape index (κ1) is 17.2. The minimum Gasteiger partial charge on any atom is -0.490 e. The van der Waals surface area contributed by atoms with Gasteiger partial charge in [-0.05, 0) is 29.2 Å². The lowest BCUT2D eigenvalue weighted by atomic mass is 9.88. The third kappa shape index (κ3) is 5.21. The average Bonchev–Trinajstić information content (AvgIpc) is 2.51. The molecule has 0 fully saturated rings. The number of ether oxygens (including phenoxy) is 2. The van der Waals surface area contributed by atoms with Crippen LogP contribution in [-0.4, -0.2) is 24.2 Å². The average molecular weight is 318 g/mol. The molecule has 2 N–H and O–H groups in total. The summed E-state index contributed by atoms with van der Waals surface area (Å²) in [5.74, 6) is 0.459. The highest BCUT2D eigenvalue weighted by Gasteiger charge is 2.15. The lowest BCUT2D eigenvalue weighted by Gasteiger charge is -2.20. The number of para-hydroxylation sites is 1. The van der Waals surface area contributed by atoms with E-state index in [0.717, 1.165) is 5.56 Å². The highest BCUT2D eigenvalue weighted by Crippen LogP contribution is 2.24. The molecule has 0 spiro atoms. The van der Waals surface area contributed by atoms with Gasteiger partial charge < -0.3 is 15.2 Å². The molecule has 0 saturated heterocycles. The van der Waals surface area contributed by atoms with Crippen LogP contribution in [0.2, 0.25) is 0 Å². The van der Waals surface area contributed by atoms with Crippen LogP contribution in [-0.2, 0) is 5.41 Å². The lowest BCUT2D eigenvalue weighted by Crippen LogP contribution is -2.34. The summed E-state index contributed by atoms with van der Waals surface area (Å²) in [6.07, 6.45) is 3.48. The molecule has 0 radical (unpaired) electrons. The van der Waals surface area contributed by atoms with E-state index < -0.39 is 5.82 Å². The lowest BCUT2D eigenvalue weighted by molar-refractivity contribution is 0.214. The maximum Gasteiger partial charge on any atom is 0.165 e. The van der Waals surface area contributed by atoms with Gasteiger partial charge in [0.2, 0.25) is 0 Å². The van der Waals surface area contributed by atoms with Gasteiger partial charge in [0, 0.05) is 6.20 Å². The van der Waals surface area contributed by atoms with Gasteiger partial charge in [-0.15, -0.1) is 0 Å².